The molecule has 0 aliphatic carbocycles. The van der Waals surface area contributed by atoms with E-state index in [1.165, 1.54) is 17.3 Å². The van der Waals surface area contributed by atoms with Crippen LogP contribution in [0.3, 0.4) is 0 Å². The average Bonchev–Trinajstić information content (AvgIpc) is 3.15. The van der Waals surface area contributed by atoms with Crippen LogP contribution in [-0.2, 0) is 6.54 Å². The summed E-state index contributed by atoms with van der Waals surface area (Å²) >= 11 is 0. The van der Waals surface area contributed by atoms with Crippen molar-refractivity contribution in [2.45, 2.75) is 33.2 Å². The number of aryl methyl sites for hydroxylation is 2. The highest BCUT2D eigenvalue weighted by Gasteiger charge is 2.10. The normalized spacial score (nSPS) is 11.4. The van der Waals surface area contributed by atoms with Crippen molar-refractivity contribution in [1.29, 1.82) is 0 Å². The zero-order valence-corrected chi connectivity index (χ0v) is 13.9. The number of benzene rings is 1. The van der Waals surface area contributed by atoms with E-state index in [0.29, 0.717) is 0 Å². The number of hydrogen-bond donors (Lipinski definition) is 2. The van der Waals surface area contributed by atoms with Gasteiger partial charge in [-0.05, 0) is 43.7 Å². The van der Waals surface area contributed by atoms with E-state index in [-0.39, 0.29) is 0 Å². The number of nitrogens with zero attached hydrogens (tertiary/aromatic N) is 4. The molecule has 3 heterocycles. The molecule has 0 spiro atoms. The highest BCUT2D eigenvalue weighted by Crippen LogP contribution is 2.26. The fourth-order valence-corrected chi connectivity index (χ4v) is 2.97. The average molecular weight is 320 g/mol. The molecule has 3 aromatic heterocycles. The van der Waals surface area contributed by atoms with Gasteiger partial charge in [-0.25, -0.2) is 0 Å². The summed E-state index contributed by atoms with van der Waals surface area (Å²) < 4.78 is 2.10. The summed E-state index contributed by atoms with van der Waals surface area (Å²) in [5, 5.41) is 16.5. The van der Waals surface area contributed by atoms with Gasteiger partial charge in [0.2, 0.25) is 0 Å². The first-order valence-electron chi connectivity index (χ1n) is 8.29. The van der Waals surface area contributed by atoms with Crippen LogP contribution in [-0.4, -0.2) is 25.0 Å². The maximum Gasteiger partial charge on any atom is 0.178 e. The lowest BCUT2D eigenvalue weighted by atomic mass is 10.2. The SMILES string of the molecule is CCCCn1nc(C)c2cc(Nc3n[nH]c4cccnc34)ccc21. The fourth-order valence-electron chi connectivity index (χ4n) is 2.97. The van der Waals surface area contributed by atoms with Crippen LogP contribution < -0.4 is 5.32 Å². The molecule has 4 aromatic rings. The fraction of sp³-hybridized carbons (Fsp3) is 0.278. The molecule has 24 heavy (non-hydrogen) atoms. The summed E-state index contributed by atoms with van der Waals surface area (Å²) in [5.74, 6) is 0.737. The minimum absolute atomic E-state index is 0.737. The molecule has 4 rings (SSSR count). The largest absolute Gasteiger partial charge is 0.337 e. The summed E-state index contributed by atoms with van der Waals surface area (Å²) in [7, 11) is 0. The number of H-pyrrole nitrogens is 1. The molecule has 0 aliphatic rings. The molecule has 2 N–H and O–H groups in total. The van der Waals surface area contributed by atoms with Gasteiger partial charge in [0.25, 0.3) is 0 Å². The summed E-state index contributed by atoms with van der Waals surface area (Å²) in [5.41, 5.74) is 4.98. The predicted molar refractivity (Wildman–Crippen MR) is 96.5 cm³/mol. The van der Waals surface area contributed by atoms with Gasteiger partial charge in [-0.15, -0.1) is 0 Å². The van der Waals surface area contributed by atoms with Gasteiger partial charge in [-0.2, -0.15) is 10.2 Å². The topological polar surface area (TPSA) is 71.4 Å². The predicted octanol–water partition coefficient (Wildman–Crippen LogP) is 4.16. The summed E-state index contributed by atoms with van der Waals surface area (Å²) in [6.07, 6.45) is 4.08. The Morgan fingerprint density at radius 2 is 2.17 bits per heavy atom. The zero-order chi connectivity index (χ0) is 16.5. The second-order valence-electron chi connectivity index (χ2n) is 5.99. The van der Waals surface area contributed by atoms with Crippen molar-refractivity contribution in [2.24, 2.45) is 0 Å². The standard InChI is InChI=1S/C18H20N6/c1-3-4-10-24-16-8-7-13(11-14(16)12(2)23-24)20-18-17-15(21-22-18)6-5-9-19-17/h5-9,11H,3-4,10H2,1-2H3,(H2,20,21,22). The van der Waals surface area contributed by atoms with E-state index in [1.807, 2.05) is 12.1 Å². The van der Waals surface area contributed by atoms with Gasteiger partial charge in [0.05, 0.1) is 16.7 Å². The van der Waals surface area contributed by atoms with E-state index in [4.69, 9.17) is 0 Å². The van der Waals surface area contributed by atoms with Crippen LogP contribution in [0.1, 0.15) is 25.5 Å². The smallest absolute Gasteiger partial charge is 0.178 e. The van der Waals surface area contributed by atoms with Gasteiger partial charge in [0.15, 0.2) is 5.82 Å². The Labute approximate surface area is 139 Å². The third-order valence-electron chi connectivity index (χ3n) is 4.24. The van der Waals surface area contributed by atoms with E-state index in [1.54, 1.807) is 6.20 Å². The van der Waals surface area contributed by atoms with Gasteiger partial charge in [0.1, 0.15) is 5.52 Å². The van der Waals surface area contributed by atoms with Gasteiger partial charge in [-0.3, -0.25) is 14.8 Å². The van der Waals surface area contributed by atoms with E-state index >= 15 is 0 Å². The third kappa shape index (κ3) is 2.50. The van der Waals surface area contributed by atoms with Crippen LogP contribution in [0.5, 0.6) is 0 Å². The molecule has 0 amide bonds. The molecule has 0 radical (unpaired) electrons. The number of rotatable bonds is 5. The highest BCUT2D eigenvalue weighted by atomic mass is 15.3. The molecular weight excluding hydrogens is 300 g/mol. The van der Waals surface area contributed by atoms with Crippen molar-refractivity contribution in [3.8, 4) is 0 Å². The number of unbranched alkanes of at least 4 members (excludes halogenated alkanes) is 1. The van der Waals surface area contributed by atoms with Gasteiger partial charge in [-0.1, -0.05) is 13.3 Å². The molecule has 0 unspecified atom stereocenters. The number of anilines is 2. The molecule has 0 aliphatic heterocycles. The van der Waals surface area contributed by atoms with Gasteiger partial charge < -0.3 is 5.32 Å². The molecule has 0 saturated carbocycles. The van der Waals surface area contributed by atoms with Crippen molar-refractivity contribution >= 4 is 33.4 Å². The number of aromatic nitrogens is 5. The molecule has 0 fully saturated rings. The van der Waals surface area contributed by atoms with Crippen LogP contribution in [0.4, 0.5) is 11.5 Å². The van der Waals surface area contributed by atoms with E-state index < -0.39 is 0 Å². The van der Waals surface area contributed by atoms with Crippen LogP contribution in [0.15, 0.2) is 36.5 Å². The second kappa shape index (κ2) is 5.96. The van der Waals surface area contributed by atoms with Crippen LogP contribution in [0.2, 0.25) is 0 Å². The van der Waals surface area contributed by atoms with Crippen molar-refractivity contribution in [3.63, 3.8) is 0 Å². The summed E-state index contributed by atoms with van der Waals surface area (Å²) in [6.45, 7) is 5.21. The highest BCUT2D eigenvalue weighted by molar-refractivity contribution is 5.90. The van der Waals surface area contributed by atoms with E-state index in [2.05, 4.69) is 62.3 Å². The Hall–Kier alpha value is -2.89. The molecule has 1 aromatic carbocycles. The lowest BCUT2D eigenvalue weighted by molar-refractivity contribution is 0.584. The van der Waals surface area contributed by atoms with Crippen molar-refractivity contribution in [1.82, 2.24) is 25.0 Å². The maximum absolute atomic E-state index is 4.67. The van der Waals surface area contributed by atoms with Gasteiger partial charge >= 0.3 is 0 Å². The first kappa shape index (κ1) is 14.7. The maximum atomic E-state index is 4.67. The van der Waals surface area contributed by atoms with E-state index in [9.17, 15) is 0 Å². The van der Waals surface area contributed by atoms with Crippen molar-refractivity contribution < 1.29 is 0 Å². The minimum atomic E-state index is 0.737. The Balaban J connectivity index is 1.69. The van der Waals surface area contributed by atoms with Gasteiger partial charge in [0, 0.05) is 23.8 Å². The first-order chi connectivity index (χ1) is 11.8. The number of pyridine rings is 1. The molecule has 6 heteroatoms. The number of hydrogen-bond acceptors (Lipinski definition) is 4. The minimum Gasteiger partial charge on any atom is -0.337 e. The molecule has 122 valence electrons. The van der Waals surface area contributed by atoms with E-state index in [0.717, 1.165) is 41.2 Å². The Morgan fingerprint density at radius 3 is 3.04 bits per heavy atom. The molecule has 0 saturated heterocycles. The van der Waals surface area contributed by atoms with Crippen LogP contribution in [0, 0.1) is 6.92 Å². The van der Waals surface area contributed by atoms with Crippen molar-refractivity contribution in [3.05, 3.63) is 42.2 Å². The summed E-state index contributed by atoms with van der Waals surface area (Å²) in [4.78, 5) is 4.38. The molecular formula is C18H20N6. The monoisotopic (exact) mass is 320 g/mol. The zero-order valence-electron chi connectivity index (χ0n) is 13.9. The lowest BCUT2D eigenvalue weighted by Crippen LogP contribution is -1.99. The number of nitrogens with one attached hydrogen (secondary N) is 2. The van der Waals surface area contributed by atoms with Crippen LogP contribution in [0.25, 0.3) is 21.9 Å². The first-order valence-corrected chi connectivity index (χ1v) is 8.29. The molecule has 0 atom stereocenters. The quantitative estimate of drug-likeness (QED) is 0.579. The molecule has 6 nitrogen and oxygen atoms in total. The Kier molecular flexibility index (Phi) is 3.65. The Bertz CT molecular complexity index is 997. The molecule has 0 bridgehead atoms. The lowest BCUT2D eigenvalue weighted by Gasteiger charge is -2.05. The summed E-state index contributed by atoms with van der Waals surface area (Å²) in [6, 6.07) is 10.2. The number of aromatic amines is 1. The second-order valence-corrected chi connectivity index (χ2v) is 5.99. The number of fused-ring (bicyclic) bond motifs is 2. The third-order valence-corrected chi connectivity index (χ3v) is 4.24. The van der Waals surface area contributed by atoms with Crippen LogP contribution >= 0.6 is 0 Å². The van der Waals surface area contributed by atoms with Crippen molar-refractivity contribution in [2.75, 3.05) is 5.32 Å². The Morgan fingerprint density at radius 1 is 1.25 bits per heavy atom.